The maximum atomic E-state index is 11.8. The first kappa shape index (κ1) is 17.9. The van der Waals surface area contributed by atoms with Crippen molar-refractivity contribution in [3.05, 3.63) is 41.5 Å². The fraction of sp³-hybridized carbons (Fsp3) is 0.200. The second-order valence-corrected chi connectivity index (χ2v) is 4.26. The lowest BCUT2D eigenvalue weighted by atomic mass is 10.1. The Hall–Kier alpha value is -3.16. The Morgan fingerprint density at radius 1 is 1.22 bits per heavy atom. The highest BCUT2D eigenvalue weighted by Crippen LogP contribution is 2.18. The van der Waals surface area contributed by atoms with Crippen LogP contribution in [-0.4, -0.2) is 47.0 Å². The van der Waals surface area contributed by atoms with E-state index in [9.17, 15) is 24.3 Å². The molecule has 122 valence electrons. The Labute approximate surface area is 131 Å². The molecular formula is C15H15NO7. The molecule has 23 heavy (non-hydrogen) atoms. The van der Waals surface area contributed by atoms with Crippen LogP contribution in [0.3, 0.4) is 0 Å². The van der Waals surface area contributed by atoms with Gasteiger partial charge >= 0.3 is 11.9 Å². The number of amides is 1. The number of ether oxygens (including phenoxy) is 1. The molecule has 0 spiro atoms. The molecular weight excluding hydrogens is 306 g/mol. The predicted octanol–water partition coefficient (Wildman–Crippen LogP) is 0.509. The van der Waals surface area contributed by atoms with Gasteiger partial charge in [-0.05, 0) is 31.2 Å². The van der Waals surface area contributed by atoms with Gasteiger partial charge in [-0.25, -0.2) is 4.79 Å². The third-order valence-electron chi connectivity index (χ3n) is 2.61. The van der Waals surface area contributed by atoms with E-state index in [-0.39, 0.29) is 18.7 Å². The van der Waals surface area contributed by atoms with Crippen LogP contribution < -0.4 is 5.32 Å². The summed E-state index contributed by atoms with van der Waals surface area (Å²) in [6.07, 6.45) is 1.84. The van der Waals surface area contributed by atoms with Crippen LogP contribution >= 0.6 is 0 Å². The van der Waals surface area contributed by atoms with E-state index < -0.39 is 34.9 Å². The second-order valence-electron chi connectivity index (χ2n) is 4.26. The zero-order chi connectivity index (χ0) is 17.4. The summed E-state index contributed by atoms with van der Waals surface area (Å²) in [4.78, 5) is 45.2. The van der Waals surface area contributed by atoms with Crippen molar-refractivity contribution in [3.63, 3.8) is 0 Å². The summed E-state index contributed by atoms with van der Waals surface area (Å²) in [5.41, 5.74) is -0.425. The quantitative estimate of drug-likeness (QED) is 0.379. The number of aromatic hydroxyl groups is 1. The van der Waals surface area contributed by atoms with Crippen LogP contribution in [-0.2, 0) is 14.3 Å². The largest absolute Gasteiger partial charge is 0.507 e. The number of carboxylic acids is 1. The Morgan fingerprint density at radius 2 is 1.91 bits per heavy atom. The number of phenols is 1. The van der Waals surface area contributed by atoms with Gasteiger partial charge in [0, 0.05) is 11.6 Å². The summed E-state index contributed by atoms with van der Waals surface area (Å²) >= 11 is 0. The first-order chi connectivity index (χ1) is 10.8. The fourth-order valence-corrected chi connectivity index (χ4v) is 1.54. The molecule has 0 aliphatic carbocycles. The van der Waals surface area contributed by atoms with Gasteiger partial charge in [0.05, 0.1) is 6.61 Å². The maximum Gasteiger partial charge on any atom is 0.339 e. The third-order valence-corrected chi connectivity index (χ3v) is 2.61. The van der Waals surface area contributed by atoms with Crippen molar-refractivity contribution in [2.24, 2.45) is 0 Å². The predicted molar refractivity (Wildman–Crippen MR) is 78.2 cm³/mol. The first-order valence-electron chi connectivity index (χ1n) is 6.57. The molecule has 8 heteroatoms. The molecule has 1 amide bonds. The maximum absolute atomic E-state index is 11.8. The van der Waals surface area contributed by atoms with E-state index in [4.69, 9.17) is 5.11 Å². The van der Waals surface area contributed by atoms with E-state index in [1.165, 1.54) is 6.07 Å². The van der Waals surface area contributed by atoms with Crippen LogP contribution in [0.1, 0.15) is 27.6 Å². The van der Waals surface area contributed by atoms with Gasteiger partial charge in [-0.3, -0.25) is 14.4 Å². The van der Waals surface area contributed by atoms with Gasteiger partial charge in [0.2, 0.25) is 5.91 Å². The number of ketones is 1. The SMILES string of the molecule is CCOC(=O)CNC(=O)/C=C/C(=O)c1ccc(O)c(C(=O)O)c1. The van der Waals surface area contributed by atoms with Crippen LogP contribution in [0.25, 0.3) is 0 Å². The number of carbonyl (C=O) groups excluding carboxylic acids is 3. The minimum atomic E-state index is -1.38. The molecule has 0 aliphatic heterocycles. The van der Waals surface area contributed by atoms with Gasteiger partial charge in [0.25, 0.3) is 0 Å². The zero-order valence-corrected chi connectivity index (χ0v) is 12.2. The molecule has 0 saturated carbocycles. The molecule has 0 saturated heterocycles. The van der Waals surface area contributed by atoms with E-state index in [0.29, 0.717) is 0 Å². The smallest absolute Gasteiger partial charge is 0.339 e. The molecule has 1 aromatic rings. The van der Waals surface area contributed by atoms with Crippen molar-refractivity contribution in [2.75, 3.05) is 13.2 Å². The third kappa shape index (κ3) is 5.62. The lowest BCUT2D eigenvalue weighted by Gasteiger charge is -2.02. The fourth-order valence-electron chi connectivity index (χ4n) is 1.54. The molecule has 0 bridgehead atoms. The van der Waals surface area contributed by atoms with Gasteiger partial charge < -0.3 is 20.3 Å². The van der Waals surface area contributed by atoms with Crippen LogP contribution in [0.15, 0.2) is 30.4 Å². The monoisotopic (exact) mass is 321 g/mol. The van der Waals surface area contributed by atoms with Gasteiger partial charge in [0.15, 0.2) is 5.78 Å². The van der Waals surface area contributed by atoms with Crippen molar-refractivity contribution < 1.29 is 34.1 Å². The number of rotatable bonds is 7. The van der Waals surface area contributed by atoms with Crippen LogP contribution in [0.4, 0.5) is 0 Å². The summed E-state index contributed by atoms with van der Waals surface area (Å²) < 4.78 is 4.61. The highest BCUT2D eigenvalue weighted by Gasteiger charge is 2.13. The molecule has 0 aromatic heterocycles. The van der Waals surface area contributed by atoms with Crippen molar-refractivity contribution in [3.8, 4) is 5.75 Å². The molecule has 0 radical (unpaired) electrons. The van der Waals surface area contributed by atoms with Gasteiger partial charge in [-0.2, -0.15) is 0 Å². The zero-order valence-electron chi connectivity index (χ0n) is 12.2. The average molecular weight is 321 g/mol. The Kier molecular flexibility index (Phi) is 6.47. The summed E-state index contributed by atoms with van der Waals surface area (Å²) in [5, 5.41) is 20.4. The van der Waals surface area contributed by atoms with E-state index in [2.05, 4.69) is 10.1 Å². The molecule has 0 heterocycles. The van der Waals surface area contributed by atoms with Crippen molar-refractivity contribution >= 4 is 23.6 Å². The molecule has 0 aliphatic rings. The first-order valence-corrected chi connectivity index (χ1v) is 6.57. The Morgan fingerprint density at radius 3 is 2.52 bits per heavy atom. The summed E-state index contributed by atoms with van der Waals surface area (Å²) in [7, 11) is 0. The van der Waals surface area contributed by atoms with Crippen LogP contribution in [0, 0.1) is 0 Å². The Bertz CT molecular complexity index is 664. The molecule has 0 atom stereocenters. The number of carbonyl (C=O) groups is 4. The highest BCUT2D eigenvalue weighted by molar-refractivity contribution is 6.09. The number of esters is 1. The minimum absolute atomic E-state index is 0.00496. The lowest BCUT2D eigenvalue weighted by molar-refractivity contribution is -0.143. The molecule has 3 N–H and O–H groups in total. The summed E-state index contributed by atoms with van der Waals surface area (Å²) in [5.74, 6) is -3.76. The number of carboxylic acid groups (broad SMARTS) is 1. The summed E-state index contributed by atoms with van der Waals surface area (Å²) in [6.45, 7) is 1.49. The Balaban J connectivity index is 2.68. The number of nitrogens with one attached hydrogen (secondary N) is 1. The van der Waals surface area contributed by atoms with Crippen LogP contribution in [0.2, 0.25) is 0 Å². The number of benzene rings is 1. The minimum Gasteiger partial charge on any atom is -0.507 e. The molecule has 1 rings (SSSR count). The van der Waals surface area contributed by atoms with Gasteiger partial charge in [0.1, 0.15) is 17.9 Å². The number of aromatic carboxylic acids is 1. The molecule has 0 unspecified atom stereocenters. The number of hydrogen-bond donors (Lipinski definition) is 3. The number of allylic oxidation sites excluding steroid dienone is 1. The molecule has 1 aromatic carbocycles. The van der Waals surface area contributed by atoms with Crippen molar-refractivity contribution in [1.82, 2.24) is 5.32 Å². The second kappa shape index (κ2) is 8.32. The number of hydrogen-bond acceptors (Lipinski definition) is 6. The van der Waals surface area contributed by atoms with Gasteiger partial charge in [-0.15, -0.1) is 0 Å². The van der Waals surface area contributed by atoms with E-state index in [0.717, 1.165) is 24.3 Å². The standard InChI is InChI=1S/C15H15NO7/c1-2-23-14(20)8-16-13(19)6-5-11(17)9-3-4-12(18)10(7-9)15(21)22/h3-7,18H,2,8H2,1H3,(H,16,19)(H,21,22)/b6-5+. The van der Waals surface area contributed by atoms with Crippen molar-refractivity contribution in [2.45, 2.75) is 6.92 Å². The average Bonchev–Trinajstić information content (AvgIpc) is 2.51. The normalized spacial score (nSPS) is 10.3. The molecule has 8 nitrogen and oxygen atoms in total. The molecule has 0 fully saturated rings. The van der Waals surface area contributed by atoms with E-state index in [1.54, 1.807) is 6.92 Å². The van der Waals surface area contributed by atoms with Gasteiger partial charge in [-0.1, -0.05) is 0 Å². The summed E-state index contributed by atoms with van der Waals surface area (Å²) in [6, 6.07) is 3.30. The highest BCUT2D eigenvalue weighted by atomic mass is 16.5. The topological polar surface area (TPSA) is 130 Å². The lowest BCUT2D eigenvalue weighted by Crippen LogP contribution is -2.29. The van der Waals surface area contributed by atoms with Crippen molar-refractivity contribution in [1.29, 1.82) is 0 Å². The van der Waals surface area contributed by atoms with Crippen LogP contribution in [0.5, 0.6) is 5.75 Å². The van der Waals surface area contributed by atoms with E-state index >= 15 is 0 Å². The van der Waals surface area contributed by atoms with E-state index in [1.807, 2.05) is 0 Å².